The summed E-state index contributed by atoms with van der Waals surface area (Å²) in [4.78, 5) is 28.5. The largest absolute Gasteiger partial charge is 0.302 e. The zero-order valence-corrected chi connectivity index (χ0v) is 23.2. The van der Waals surface area contributed by atoms with E-state index in [4.69, 9.17) is 9.97 Å². The van der Waals surface area contributed by atoms with Gasteiger partial charge in [-0.15, -0.1) is 22.7 Å². The highest BCUT2D eigenvalue weighted by Gasteiger charge is 2.49. The van der Waals surface area contributed by atoms with Gasteiger partial charge in [-0.2, -0.15) is 0 Å². The third-order valence-corrected chi connectivity index (χ3v) is 9.64. The molecule has 1 N–H and O–H groups in total. The van der Waals surface area contributed by atoms with Crippen LogP contribution in [0.3, 0.4) is 0 Å². The number of amides is 1. The van der Waals surface area contributed by atoms with Crippen LogP contribution < -0.4 is 5.32 Å². The molecule has 5 nitrogen and oxygen atoms in total. The Hall–Kier alpha value is -3.68. The predicted molar refractivity (Wildman–Crippen MR) is 155 cm³/mol. The summed E-state index contributed by atoms with van der Waals surface area (Å²) in [5.41, 5.74) is 7.49. The van der Waals surface area contributed by atoms with Crippen molar-refractivity contribution in [3.63, 3.8) is 0 Å². The molecule has 3 heterocycles. The molecule has 2 atom stereocenters. The zero-order valence-electron chi connectivity index (χ0n) is 21.6. The first-order valence-electron chi connectivity index (χ1n) is 12.7. The van der Waals surface area contributed by atoms with Crippen LogP contribution >= 0.6 is 22.7 Å². The summed E-state index contributed by atoms with van der Waals surface area (Å²) in [6, 6.07) is 21.0. The van der Waals surface area contributed by atoms with Crippen LogP contribution in [0.15, 0.2) is 78.4 Å². The molecule has 0 unspecified atom stereocenters. The number of hydrogen-bond acceptors (Lipinski definition) is 6. The first-order valence-corrected chi connectivity index (χ1v) is 14.4. The van der Waals surface area contributed by atoms with Gasteiger partial charge in [-0.1, -0.05) is 48.5 Å². The number of thiazole rings is 2. The third-order valence-electron chi connectivity index (χ3n) is 7.52. The van der Waals surface area contributed by atoms with Crippen LogP contribution in [0.2, 0.25) is 0 Å². The van der Waals surface area contributed by atoms with E-state index in [9.17, 15) is 4.79 Å². The lowest BCUT2D eigenvalue weighted by molar-refractivity contribution is -0.121. The number of benzene rings is 2. The Bertz CT molecular complexity index is 1610. The maximum Gasteiger partial charge on any atom is 0.230 e. The van der Waals surface area contributed by atoms with Crippen molar-refractivity contribution in [1.82, 2.24) is 15.0 Å². The van der Waals surface area contributed by atoms with E-state index in [1.807, 2.05) is 24.4 Å². The summed E-state index contributed by atoms with van der Waals surface area (Å²) in [7, 11) is 0. The van der Waals surface area contributed by atoms with E-state index in [1.165, 1.54) is 32.9 Å². The smallest absolute Gasteiger partial charge is 0.230 e. The summed E-state index contributed by atoms with van der Waals surface area (Å²) in [5.74, 6) is -0.219. The van der Waals surface area contributed by atoms with E-state index in [1.54, 1.807) is 23.7 Å². The lowest BCUT2D eigenvalue weighted by atomic mass is 9.74. The fraction of sp³-hybridized carbons (Fsp3) is 0.226. The van der Waals surface area contributed by atoms with Crippen molar-refractivity contribution in [1.29, 1.82) is 0 Å². The molecule has 190 valence electrons. The fourth-order valence-electron chi connectivity index (χ4n) is 5.67. The van der Waals surface area contributed by atoms with Crippen LogP contribution in [-0.4, -0.2) is 20.9 Å². The van der Waals surface area contributed by atoms with E-state index in [0.717, 1.165) is 33.9 Å². The van der Waals surface area contributed by atoms with Gasteiger partial charge in [0.1, 0.15) is 0 Å². The highest BCUT2D eigenvalue weighted by Crippen LogP contribution is 2.50. The molecule has 0 radical (unpaired) electrons. The molecular weight excluding hydrogens is 509 g/mol. The highest BCUT2D eigenvalue weighted by molar-refractivity contribution is 7.14. The van der Waals surface area contributed by atoms with E-state index in [0.29, 0.717) is 11.6 Å². The molecule has 7 heteroatoms. The molecule has 38 heavy (non-hydrogen) atoms. The summed E-state index contributed by atoms with van der Waals surface area (Å²) < 4.78 is 0. The maximum atomic E-state index is 13.8. The Kier molecular flexibility index (Phi) is 6.41. The van der Waals surface area contributed by atoms with Gasteiger partial charge in [0.25, 0.3) is 0 Å². The first-order chi connectivity index (χ1) is 18.4. The van der Waals surface area contributed by atoms with Gasteiger partial charge < -0.3 is 5.32 Å². The van der Waals surface area contributed by atoms with E-state index < -0.39 is 5.41 Å². The average molecular weight is 537 g/mol. The van der Waals surface area contributed by atoms with Crippen molar-refractivity contribution >= 4 is 33.7 Å². The van der Waals surface area contributed by atoms with Crippen molar-refractivity contribution in [3.05, 3.63) is 116 Å². The molecule has 1 aliphatic carbocycles. The summed E-state index contributed by atoms with van der Waals surface area (Å²) in [6.45, 7) is 6.28. The number of aromatic nitrogens is 3. The lowest BCUT2D eigenvalue weighted by Crippen LogP contribution is -2.38. The minimum Gasteiger partial charge on any atom is -0.302 e. The van der Waals surface area contributed by atoms with E-state index in [-0.39, 0.29) is 11.8 Å². The normalized spacial score (nSPS) is 18.3. The standard InChI is InChI=1S/C31H28N4OS2/c1-19-28(38-20(2)33-19)31(3)26-7-5-4-6-24(26)17-27(31)29(36)35-30-34-25(18-37-30)16-21-8-10-22(11-9-21)23-12-14-32-15-13-23/h4-15,18,27H,16-17H2,1-3H3,(H,34,35,36)/t27-,31-/m0/s1. The third kappa shape index (κ3) is 4.46. The Morgan fingerprint density at radius 2 is 1.74 bits per heavy atom. The van der Waals surface area contributed by atoms with Crippen molar-refractivity contribution in [3.8, 4) is 11.1 Å². The fourth-order valence-corrected chi connectivity index (χ4v) is 7.52. The minimum absolute atomic E-state index is 0.0109. The molecule has 0 bridgehead atoms. The summed E-state index contributed by atoms with van der Waals surface area (Å²) >= 11 is 3.18. The lowest BCUT2D eigenvalue weighted by Gasteiger charge is -2.31. The quantitative estimate of drug-likeness (QED) is 0.254. The van der Waals surface area contributed by atoms with Gasteiger partial charge in [0.2, 0.25) is 5.91 Å². The van der Waals surface area contributed by atoms with Gasteiger partial charge in [0, 0.05) is 34.5 Å². The average Bonchev–Trinajstić information content (AvgIpc) is 3.61. The first kappa shape index (κ1) is 24.6. The SMILES string of the molecule is Cc1nc(C)c([C@@]2(C)c3ccccc3C[C@H]2C(=O)Nc2nc(Cc3ccc(-c4ccncc4)cc3)cs2)s1. The van der Waals surface area contributed by atoms with Crippen molar-refractivity contribution in [2.75, 3.05) is 5.32 Å². The Balaban J connectivity index is 1.20. The molecule has 0 spiro atoms. The number of anilines is 1. The number of carbonyl (C=O) groups excluding carboxylic acids is 1. The molecular formula is C31H28N4OS2. The van der Waals surface area contributed by atoms with Crippen LogP contribution in [0.1, 0.15) is 44.9 Å². The Labute approximate surface area is 230 Å². The number of hydrogen-bond donors (Lipinski definition) is 1. The topological polar surface area (TPSA) is 67.8 Å². The molecule has 1 aliphatic rings. The van der Waals surface area contributed by atoms with Crippen molar-refractivity contribution < 1.29 is 4.79 Å². The molecule has 0 aliphatic heterocycles. The zero-order chi connectivity index (χ0) is 26.3. The van der Waals surface area contributed by atoms with Gasteiger partial charge in [-0.25, -0.2) is 9.97 Å². The maximum absolute atomic E-state index is 13.8. The van der Waals surface area contributed by atoms with Crippen molar-refractivity contribution in [2.45, 2.75) is 39.0 Å². The summed E-state index contributed by atoms with van der Waals surface area (Å²) in [5, 5.41) is 6.86. The van der Waals surface area contributed by atoms with Crippen molar-refractivity contribution in [2.24, 2.45) is 5.92 Å². The van der Waals surface area contributed by atoms with Gasteiger partial charge in [-0.3, -0.25) is 9.78 Å². The number of pyridine rings is 1. The molecule has 6 rings (SSSR count). The molecule has 3 aromatic heterocycles. The molecule has 1 amide bonds. The highest BCUT2D eigenvalue weighted by atomic mass is 32.1. The van der Waals surface area contributed by atoms with Crippen LogP contribution in [0, 0.1) is 19.8 Å². The van der Waals surface area contributed by atoms with E-state index in [2.05, 4.69) is 72.7 Å². The van der Waals surface area contributed by atoms with Crippen LogP contribution in [0.5, 0.6) is 0 Å². The number of fused-ring (bicyclic) bond motifs is 1. The monoisotopic (exact) mass is 536 g/mol. The second-order valence-electron chi connectivity index (χ2n) is 10.0. The Morgan fingerprint density at radius 3 is 2.47 bits per heavy atom. The van der Waals surface area contributed by atoms with Gasteiger partial charge in [0.05, 0.1) is 22.3 Å². The van der Waals surface area contributed by atoms with Gasteiger partial charge in [-0.05, 0) is 67.1 Å². The molecule has 0 saturated carbocycles. The molecule has 2 aromatic carbocycles. The minimum atomic E-state index is -0.423. The summed E-state index contributed by atoms with van der Waals surface area (Å²) in [6.07, 6.45) is 5.04. The van der Waals surface area contributed by atoms with Gasteiger partial charge in [0.15, 0.2) is 5.13 Å². The number of carbonyl (C=O) groups is 1. The molecule has 0 fully saturated rings. The number of nitrogens with zero attached hydrogens (tertiary/aromatic N) is 3. The number of nitrogens with one attached hydrogen (secondary N) is 1. The van der Waals surface area contributed by atoms with Crippen LogP contribution in [-0.2, 0) is 23.1 Å². The number of rotatable bonds is 6. The van der Waals surface area contributed by atoms with Gasteiger partial charge >= 0.3 is 0 Å². The van der Waals surface area contributed by atoms with Crippen LogP contribution in [0.25, 0.3) is 11.1 Å². The Morgan fingerprint density at radius 1 is 1.00 bits per heavy atom. The predicted octanol–water partition coefficient (Wildman–Crippen LogP) is 6.99. The van der Waals surface area contributed by atoms with Crippen LogP contribution in [0.4, 0.5) is 5.13 Å². The molecule has 5 aromatic rings. The number of aryl methyl sites for hydroxylation is 2. The second kappa shape index (κ2) is 9.89. The molecule has 0 saturated heterocycles. The van der Waals surface area contributed by atoms with E-state index >= 15 is 0 Å². The second-order valence-corrected chi connectivity index (χ2v) is 12.1.